The van der Waals surface area contributed by atoms with Gasteiger partial charge in [-0.25, -0.2) is 0 Å². The Labute approximate surface area is 134 Å². The van der Waals surface area contributed by atoms with Gasteiger partial charge in [0.2, 0.25) is 0 Å². The lowest BCUT2D eigenvalue weighted by atomic mass is 10.1. The van der Waals surface area contributed by atoms with Crippen molar-refractivity contribution >= 4 is 22.7 Å². The predicted molar refractivity (Wildman–Crippen MR) is 93.6 cm³/mol. The Morgan fingerprint density at radius 2 is 1.86 bits per heavy atom. The number of nitriles is 1. The maximum Gasteiger partial charge on any atom is 0.0991 e. The van der Waals surface area contributed by atoms with Crippen molar-refractivity contribution < 1.29 is 0 Å². The van der Waals surface area contributed by atoms with Gasteiger partial charge < -0.3 is 5.32 Å². The van der Waals surface area contributed by atoms with Crippen LogP contribution in [0, 0.1) is 11.3 Å². The zero-order valence-corrected chi connectivity index (χ0v) is 12.7. The van der Waals surface area contributed by atoms with E-state index in [2.05, 4.69) is 18.0 Å². The first kappa shape index (κ1) is 14.1. The third-order valence-corrected chi connectivity index (χ3v) is 4.29. The van der Waals surface area contributed by atoms with E-state index in [1.54, 1.807) is 11.3 Å². The number of hydrogen-bond acceptors (Lipinski definition) is 3. The maximum atomic E-state index is 9.05. The van der Waals surface area contributed by atoms with Crippen molar-refractivity contribution in [2.75, 3.05) is 5.32 Å². The van der Waals surface area contributed by atoms with E-state index in [-0.39, 0.29) is 0 Å². The van der Waals surface area contributed by atoms with Crippen LogP contribution in [-0.4, -0.2) is 0 Å². The van der Waals surface area contributed by atoms with E-state index in [0.717, 1.165) is 27.4 Å². The summed E-state index contributed by atoms with van der Waals surface area (Å²) in [6.45, 7) is 4.11. The number of anilines is 1. The van der Waals surface area contributed by atoms with Gasteiger partial charge in [0.05, 0.1) is 22.2 Å². The molecule has 2 aromatic carbocycles. The van der Waals surface area contributed by atoms with Crippen LogP contribution in [0.4, 0.5) is 5.69 Å². The van der Waals surface area contributed by atoms with E-state index in [1.807, 2.05) is 66.0 Å². The molecule has 2 nitrogen and oxygen atoms in total. The molecule has 106 valence electrons. The molecule has 3 rings (SSSR count). The fourth-order valence-corrected chi connectivity index (χ4v) is 3.08. The van der Waals surface area contributed by atoms with Crippen molar-refractivity contribution in [2.24, 2.45) is 0 Å². The number of nitrogens with one attached hydrogen (secondary N) is 1. The lowest BCUT2D eigenvalue weighted by Gasteiger charge is -2.11. The molecule has 0 saturated heterocycles. The molecular formula is C19H14N2S. The van der Waals surface area contributed by atoms with Gasteiger partial charge in [0.25, 0.3) is 0 Å². The molecule has 0 fully saturated rings. The van der Waals surface area contributed by atoms with E-state index in [4.69, 9.17) is 5.26 Å². The SMILES string of the molecule is C=C(Nc1ccsc1-c1cccc(C#N)c1)c1ccccc1. The summed E-state index contributed by atoms with van der Waals surface area (Å²) in [7, 11) is 0. The van der Waals surface area contributed by atoms with Gasteiger partial charge in [0.15, 0.2) is 0 Å². The summed E-state index contributed by atoms with van der Waals surface area (Å²) >= 11 is 1.65. The van der Waals surface area contributed by atoms with Crippen LogP contribution in [0.15, 0.2) is 72.6 Å². The topological polar surface area (TPSA) is 35.8 Å². The van der Waals surface area contributed by atoms with Gasteiger partial charge >= 0.3 is 0 Å². The van der Waals surface area contributed by atoms with Crippen molar-refractivity contribution in [1.82, 2.24) is 0 Å². The highest BCUT2D eigenvalue weighted by Crippen LogP contribution is 2.35. The van der Waals surface area contributed by atoms with Gasteiger partial charge in [-0.15, -0.1) is 11.3 Å². The molecule has 0 saturated carbocycles. The summed E-state index contributed by atoms with van der Waals surface area (Å²) in [5.41, 5.74) is 4.63. The molecule has 1 heterocycles. The fourth-order valence-electron chi connectivity index (χ4n) is 2.24. The molecule has 0 bridgehead atoms. The van der Waals surface area contributed by atoms with Gasteiger partial charge in [0, 0.05) is 5.70 Å². The smallest absolute Gasteiger partial charge is 0.0991 e. The molecule has 0 amide bonds. The van der Waals surface area contributed by atoms with Crippen LogP contribution in [0.1, 0.15) is 11.1 Å². The highest BCUT2D eigenvalue weighted by Gasteiger charge is 2.09. The van der Waals surface area contributed by atoms with Gasteiger partial charge in [-0.2, -0.15) is 5.26 Å². The number of rotatable bonds is 4. The Kier molecular flexibility index (Phi) is 4.04. The second-order valence-corrected chi connectivity index (χ2v) is 5.74. The van der Waals surface area contributed by atoms with Gasteiger partial charge in [-0.3, -0.25) is 0 Å². The Morgan fingerprint density at radius 3 is 2.64 bits per heavy atom. The average molecular weight is 302 g/mol. The second-order valence-electron chi connectivity index (χ2n) is 4.83. The van der Waals surface area contributed by atoms with E-state index >= 15 is 0 Å². The first-order valence-corrected chi connectivity index (χ1v) is 7.75. The Bertz CT molecular complexity index is 841. The van der Waals surface area contributed by atoms with Gasteiger partial charge in [0.1, 0.15) is 0 Å². The minimum Gasteiger partial charge on any atom is -0.354 e. The summed E-state index contributed by atoms with van der Waals surface area (Å²) in [4.78, 5) is 1.11. The molecule has 0 aliphatic heterocycles. The zero-order chi connectivity index (χ0) is 15.4. The summed E-state index contributed by atoms with van der Waals surface area (Å²) in [5.74, 6) is 0. The van der Waals surface area contributed by atoms with Crippen LogP contribution in [0.5, 0.6) is 0 Å². The van der Waals surface area contributed by atoms with Gasteiger partial charge in [-0.1, -0.05) is 49.0 Å². The van der Waals surface area contributed by atoms with Crippen molar-refractivity contribution in [3.63, 3.8) is 0 Å². The molecule has 3 aromatic rings. The predicted octanol–water partition coefficient (Wildman–Crippen LogP) is 5.37. The minimum atomic E-state index is 0.665. The Hall–Kier alpha value is -2.83. The molecular weight excluding hydrogens is 288 g/mol. The van der Waals surface area contributed by atoms with E-state index in [0.29, 0.717) is 5.56 Å². The largest absolute Gasteiger partial charge is 0.354 e. The zero-order valence-electron chi connectivity index (χ0n) is 11.9. The van der Waals surface area contributed by atoms with Crippen molar-refractivity contribution in [2.45, 2.75) is 0 Å². The van der Waals surface area contributed by atoms with Crippen molar-refractivity contribution in [1.29, 1.82) is 5.26 Å². The normalized spacial score (nSPS) is 9.95. The monoisotopic (exact) mass is 302 g/mol. The Balaban J connectivity index is 1.90. The van der Waals surface area contributed by atoms with E-state index in [9.17, 15) is 0 Å². The quantitative estimate of drug-likeness (QED) is 0.703. The number of benzene rings is 2. The third kappa shape index (κ3) is 2.93. The van der Waals surface area contributed by atoms with Crippen molar-refractivity contribution in [3.8, 4) is 16.5 Å². The lowest BCUT2D eigenvalue weighted by molar-refractivity contribution is 1.48. The number of nitrogens with zero attached hydrogens (tertiary/aromatic N) is 1. The fraction of sp³-hybridized carbons (Fsp3) is 0. The van der Waals surface area contributed by atoms with E-state index < -0.39 is 0 Å². The van der Waals surface area contributed by atoms with Crippen molar-refractivity contribution in [3.05, 3.63) is 83.7 Å². The number of thiophene rings is 1. The summed E-state index contributed by atoms with van der Waals surface area (Å²) < 4.78 is 0. The molecule has 0 radical (unpaired) electrons. The van der Waals surface area contributed by atoms with Crippen LogP contribution in [0.3, 0.4) is 0 Å². The summed E-state index contributed by atoms with van der Waals surface area (Å²) in [5, 5.41) is 14.5. The van der Waals surface area contributed by atoms with Crippen LogP contribution in [0.2, 0.25) is 0 Å². The van der Waals surface area contributed by atoms with Crippen LogP contribution >= 0.6 is 11.3 Å². The van der Waals surface area contributed by atoms with Crippen LogP contribution in [-0.2, 0) is 0 Å². The summed E-state index contributed by atoms with van der Waals surface area (Å²) in [6, 6.07) is 21.9. The molecule has 1 aromatic heterocycles. The average Bonchev–Trinajstić information content (AvgIpc) is 3.04. The third-order valence-electron chi connectivity index (χ3n) is 3.33. The lowest BCUT2D eigenvalue weighted by Crippen LogP contribution is -1.97. The molecule has 0 spiro atoms. The summed E-state index contributed by atoms with van der Waals surface area (Å²) in [6.07, 6.45) is 0. The molecule has 1 N–H and O–H groups in total. The molecule has 22 heavy (non-hydrogen) atoms. The van der Waals surface area contributed by atoms with E-state index in [1.165, 1.54) is 0 Å². The Morgan fingerprint density at radius 1 is 1.05 bits per heavy atom. The first-order chi connectivity index (χ1) is 10.8. The minimum absolute atomic E-state index is 0.665. The molecule has 0 unspecified atom stereocenters. The van der Waals surface area contributed by atoms with Crippen LogP contribution < -0.4 is 5.32 Å². The first-order valence-electron chi connectivity index (χ1n) is 6.87. The van der Waals surface area contributed by atoms with Crippen LogP contribution in [0.25, 0.3) is 16.1 Å². The van der Waals surface area contributed by atoms with Gasteiger partial charge in [-0.05, 0) is 34.7 Å². The highest BCUT2D eigenvalue weighted by atomic mass is 32.1. The second kappa shape index (κ2) is 6.30. The standard InChI is InChI=1S/C19H14N2S/c1-14(16-7-3-2-4-8-16)21-18-10-11-22-19(18)17-9-5-6-15(12-17)13-20/h2-12,21H,1H2. The molecule has 3 heteroatoms. The highest BCUT2D eigenvalue weighted by molar-refractivity contribution is 7.14. The molecule has 0 aliphatic rings. The molecule has 0 aliphatic carbocycles. The number of hydrogen-bond donors (Lipinski definition) is 1. The molecule has 0 atom stereocenters. The maximum absolute atomic E-state index is 9.05.